The van der Waals surface area contributed by atoms with Crippen molar-refractivity contribution in [1.82, 2.24) is 0 Å². The zero-order chi connectivity index (χ0) is 15.7. The second-order valence-corrected chi connectivity index (χ2v) is 6.48. The summed E-state index contributed by atoms with van der Waals surface area (Å²) in [4.78, 5) is 0. The molecule has 1 rings (SSSR count). The smallest absolute Gasteiger partial charge is 0.384 e. The second kappa shape index (κ2) is 9.97. The van der Waals surface area contributed by atoms with Crippen LogP contribution in [0.3, 0.4) is 0 Å². The molecule has 0 aliphatic rings. The lowest BCUT2D eigenvalue weighted by Gasteiger charge is -2.12. The average Bonchev–Trinajstić information content (AvgIpc) is 2.44. The molecule has 21 heavy (non-hydrogen) atoms. The standard InChI is InChI=1S/C15H22F3O2Si/c1-3-19-21(20-4-2)9-7-5-6-8-12-10-14(17)15(18)11-13(12)16/h10-11H,3-9H2,1-2H3. The fourth-order valence-electron chi connectivity index (χ4n) is 2.02. The topological polar surface area (TPSA) is 18.5 Å². The molecule has 0 saturated heterocycles. The molecule has 0 atom stereocenters. The monoisotopic (exact) mass is 319 g/mol. The van der Waals surface area contributed by atoms with E-state index in [1.165, 1.54) is 0 Å². The van der Waals surface area contributed by atoms with Gasteiger partial charge in [0.1, 0.15) is 5.82 Å². The molecule has 0 aliphatic heterocycles. The van der Waals surface area contributed by atoms with Crippen LogP contribution in [0.4, 0.5) is 13.2 Å². The van der Waals surface area contributed by atoms with Crippen LogP contribution in [0.25, 0.3) is 0 Å². The van der Waals surface area contributed by atoms with Crippen molar-refractivity contribution in [2.75, 3.05) is 13.2 Å². The molecule has 0 spiro atoms. The second-order valence-electron chi connectivity index (χ2n) is 4.66. The Kier molecular flexibility index (Phi) is 8.64. The molecular weight excluding hydrogens is 297 g/mol. The van der Waals surface area contributed by atoms with Crippen LogP contribution in [0.1, 0.15) is 38.7 Å². The minimum Gasteiger partial charge on any atom is -0.394 e. The minimum absolute atomic E-state index is 0.231. The first-order valence-electron chi connectivity index (χ1n) is 7.33. The van der Waals surface area contributed by atoms with E-state index in [2.05, 4.69) is 0 Å². The predicted octanol–water partition coefficient (Wildman–Crippen LogP) is 4.38. The van der Waals surface area contributed by atoms with Gasteiger partial charge in [-0.2, -0.15) is 0 Å². The van der Waals surface area contributed by atoms with Crippen LogP contribution in [-0.2, 0) is 15.3 Å². The van der Waals surface area contributed by atoms with Crippen LogP contribution in [0.15, 0.2) is 12.1 Å². The van der Waals surface area contributed by atoms with Crippen molar-refractivity contribution in [3.05, 3.63) is 35.1 Å². The molecule has 0 saturated carbocycles. The van der Waals surface area contributed by atoms with Crippen molar-refractivity contribution < 1.29 is 22.0 Å². The number of unbranched alkanes of at least 4 members (excludes halogenated alkanes) is 2. The number of halogens is 3. The van der Waals surface area contributed by atoms with E-state index in [-0.39, 0.29) is 5.56 Å². The van der Waals surface area contributed by atoms with Gasteiger partial charge in [0.05, 0.1) is 0 Å². The number of hydrogen-bond donors (Lipinski definition) is 0. The minimum atomic E-state index is -1.19. The maximum Gasteiger partial charge on any atom is 0.384 e. The number of hydrogen-bond acceptors (Lipinski definition) is 2. The van der Waals surface area contributed by atoms with Gasteiger partial charge in [-0.25, -0.2) is 13.2 Å². The van der Waals surface area contributed by atoms with E-state index in [1.54, 1.807) is 0 Å². The van der Waals surface area contributed by atoms with Crippen molar-refractivity contribution in [1.29, 1.82) is 0 Å². The van der Waals surface area contributed by atoms with E-state index < -0.39 is 26.7 Å². The number of benzene rings is 1. The Labute approximate surface area is 126 Å². The molecule has 0 fully saturated rings. The van der Waals surface area contributed by atoms with Crippen LogP contribution >= 0.6 is 0 Å². The Balaban J connectivity index is 2.29. The van der Waals surface area contributed by atoms with E-state index in [1.807, 2.05) is 13.8 Å². The lowest BCUT2D eigenvalue weighted by molar-refractivity contribution is 0.212. The largest absolute Gasteiger partial charge is 0.394 e. The highest BCUT2D eigenvalue weighted by Crippen LogP contribution is 2.17. The number of rotatable bonds is 10. The molecule has 0 amide bonds. The summed E-state index contributed by atoms with van der Waals surface area (Å²) >= 11 is 0. The van der Waals surface area contributed by atoms with Gasteiger partial charge in [-0.3, -0.25) is 0 Å². The van der Waals surface area contributed by atoms with Crippen molar-refractivity contribution in [2.45, 2.75) is 45.6 Å². The van der Waals surface area contributed by atoms with Crippen LogP contribution in [0, 0.1) is 17.5 Å². The Hall–Kier alpha value is -0.853. The molecule has 119 valence electrons. The maximum atomic E-state index is 13.4. The Morgan fingerprint density at radius 3 is 2.10 bits per heavy atom. The first kappa shape index (κ1) is 18.2. The van der Waals surface area contributed by atoms with E-state index in [0.717, 1.165) is 31.4 Å². The van der Waals surface area contributed by atoms with Gasteiger partial charge in [0.15, 0.2) is 11.6 Å². The Morgan fingerprint density at radius 1 is 0.857 bits per heavy atom. The zero-order valence-electron chi connectivity index (χ0n) is 12.6. The van der Waals surface area contributed by atoms with Gasteiger partial charge in [0.2, 0.25) is 0 Å². The summed E-state index contributed by atoms with van der Waals surface area (Å²) in [5.41, 5.74) is 0.231. The maximum absolute atomic E-state index is 13.4. The zero-order valence-corrected chi connectivity index (χ0v) is 13.6. The fourth-order valence-corrected chi connectivity index (χ4v) is 3.58. The van der Waals surface area contributed by atoms with Gasteiger partial charge in [-0.1, -0.05) is 12.8 Å². The summed E-state index contributed by atoms with van der Waals surface area (Å²) in [7, 11) is -1.19. The van der Waals surface area contributed by atoms with Gasteiger partial charge in [-0.15, -0.1) is 0 Å². The van der Waals surface area contributed by atoms with Crippen molar-refractivity contribution in [2.24, 2.45) is 0 Å². The van der Waals surface area contributed by atoms with Crippen LogP contribution in [0.2, 0.25) is 6.04 Å². The fraction of sp³-hybridized carbons (Fsp3) is 0.600. The van der Waals surface area contributed by atoms with Gasteiger partial charge >= 0.3 is 9.28 Å². The molecule has 0 unspecified atom stereocenters. The van der Waals surface area contributed by atoms with E-state index in [4.69, 9.17) is 8.85 Å². The lowest BCUT2D eigenvalue weighted by Crippen LogP contribution is -2.22. The molecule has 0 aromatic heterocycles. The van der Waals surface area contributed by atoms with Crippen LogP contribution in [0.5, 0.6) is 0 Å². The summed E-state index contributed by atoms with van der Waals surface area (Å²) in [6.07, 6.45) is 2.95. The third-order valence-corrected chi connectivity index (χ3v) is 5.01. The van der Waals surface area contributed by atoms with Gasteiger partial charge in [-0.05, 0) is 44.4 Å². The lowest BCUT2D eigenvalue weighted by atomic mass is 10.1. The highest BCUT2D eigenvalue weighted by atomic mass is 28.3. The average molecular weight is 319 g/mol. The molecule has 1 aromatic rings. The summed E-state index contributed by atoms with van der Waals surface area (Å²) in [6, 6.07) is 2.43. The van der Waals surface area contributed by atoms with Crippen molar-refractivity contribution in [3.8, 4) is 0 Å². The number of aryl methyl sites for hydroxylation is 1. The van der Waals surface area contributed by atoms with Gasteiger partial charge in [0.25, 0.3) is 0 Å². The van der Waals surface area contributed by atoms with E-state index >= 15 is 0 Å². The Bertz CT molecular complexity index is 424. The van der Waals surface area contributed by atoms with Crippen LogP contribution < -0.4 is 0 Å². The molecule has 6 heteroatoms. The summed E-state index contributed by atoms with van der Waals surface area (Å²) in [5, 5.41) is 0. The highest BCUT2D eigenvalue weighted by molar-refractivity contribution is 6.44. The molecule has 2 nitrogen and oxygen atoms in total. The summed E-state index contributed by atoms with van der Waals surface area (Å²) in [6.45, 7) is 5.17. The van der Waals surface area contributed by atoms with Crippen molar-refractivity contribution in [3.63, 3.8) is 0 Å². The van der Waals surface area contributed by atoms with Gasteiger partial charge < -0.3 is 8.85 Å². The predicted molar refractivity (Wildman–Crippen MR) is 77.7 cm³/mol. The van der Waals surface area contributed by atoms with Crippen molar-refractivity contribution >= 4 is 9.28 Å². The SMILES string of the molecule is CCO[Si](CCCCCc1cc(F)c(F)cc1F)OCC. The quantitative estimate of drug-likeness (QED) is 0.362. The molecule has 0 bridgehead atoms. The first-order valence-corrected chi connectivity index (χ1v) is 8.85. The third kappa shape index (κ3) is 6.63. The molecule has 0 aliphatic carbocycles. The molecular formula is C15H22F3O2Si. The summed E-state index contributed by atoms with van der Waals surface area (Å²) in [5.74, 6) is -2.82. The highest BCUT2D eigenvalue weighted by Gasteiger charge is 2.14. The summed E-state index contributed by atoms with van der Waals surface area (Å²) < 4.78 is 50.3. The molecule has 1 radical (unpaired) electrons. The molecule has 0 heterocycles. The molecule has 0 N–H and O–H groups in total. The first-order chi connectivity index (χ1) is 10.1. The van der Waals surface area contributed by atoms with Crippen LogP contribution in [-0.4, -0.2) is 22.5 Å². The van der Waals surface area contributed by atoms with E-state index in [9.17, 15) is 13.2 Å². The normalized spacial score (nSPS) is 11.3. The Morgan fingerprint density at radius 2 is 1.48 bits per heavy atom. The van der Waals surface area contributed by atoms with Gasteiger partial charge in [0, 0.05) is 19.3 Å². The molecule has 1 aromatic carbocycles. The third-order valence-electron chi connectivity index (χ3n) is 3.03. The van der Waals surface area contributed by atoms with E-state index in [0.29, 0.717) is 25.7 Å².